The van der Waals surface area contributed by atoms with Gasteiger partial charge in [-0.1, -0.05) is 0 Å². The van der Waals surface area contributed by atoms with Crippen molar-refractivity contribution in [3.8, 4) is 0 Å². The summed E-state index contributed by atoms with van der Waals surface area (Å²) < 4.78 is 299. The molecule has 0 rings (SSSR count). The minimum absolute atomic E-state index is 0. The summed E-state index contributed by atoms with van der Waals surface area (Å²) in [4.78, 5) is 11.0. The Morgan fingerprint density at radius 2 is 0.902 bits per heavy atom. The van der Waals surface area contributed by atoms with Crippen LogP contribution in [-0.2, 0) is 19.6 Å². The predicted molar refractivity (Wildman–Crippen MR) is 80.7 cm³/mol. The molecule has 0 spiro atoms. The van der Waals surface area contributed by atoms with Crippen LogP contribution < -0.4 is 29.6 Å². The fraction of sp³-hybridized carbons (Fsp3) is 0.929. The van der Waals surface area contributed by atoms with Crippen LogP contribution in [0.4, 0.5) is 87.8 Å². The van der Waals surface area contributed by atoms with Crippen LogP contribution >= 0.6 is 0 Å². The fourth-order valence-corrected chi connectivity index (χ4v) is 2.62. The van der Waals surface area contributed by atoms with Crippen molar-refractivity contribution in [3.63, 3.8) is 0 Å². The van der Waals surface area contributed by atoms with Gasteiger partial charge in [-0.3, -0.25) is 0 Å². The molecule has 0 aromatic carbocycles. The molecule has 5 nitrogen and oxygen atoms in total. The van der Waals surface area contributed by atoms with Crippen molar-refractivity contribution in [1.29, 1.82) is 0 Å². The maximum atomic E-state index is 13.6. The Balaban J connectivity index is 0. The molecule has 0 radical (unpaired) electrons. The van der Waals surface area contributed by atoms with E-state index < -0.39 is 94.6 Å². The predicted octanol–water partition coefficient (Wildman–Crippen LogP) is 2.45. The first kappa shape index (κ1) is 42.1. The van der Waals surface area contributed by atoms with E-state index in [-0.39, 0.29) is 29.6 Å². The van der Waals surface area contributed by atoms with Gasteiger partial charge in [0.2, 0.25) is 0 Å². The van der Waals surface area contributed by atoms with E-state index in [0.29, 0.717) is 0 Å². The van der Waals surface area contributed by atoms with Gasteiger partial charge >= 0.3 is 95.3 Å². The number of hydrogen-bond donors (Lipinski definition) is 0. The fourth-order valence-electron chi connectivity index (χ4n) is 2.15. The van der Waals surface area contributed by atoms with Gasteiger partial charge in [0.05, 0.1) is 16.7 Å². The molecule has 0 aliphatic heterocycles. The van der Waals surface area contributed by atoms with Crippen LogP contribution in [0.25, 0.3) is 0 Å². The van der Waals surface area contributed by atoms with E-state index in [1.54, 1.807) is 0 Å². The SMILES string of the molecule is O=C(OCCCS(=O)(=O)[O-])C(F)(F)C(F)(F)C(F)(F)C(F)(F)C(F)(F)C(F)(F)C(F)(F)C(F)(F)C(F)(F)C(F)F.[Na+]. The summed E-state index contributed by atoms with van der Waals surface area (Å²) in [5.74, 6) is -83.6. The molecule has 0 bridgehead atoms. The molecule has 0 N–H and O–H groups in total. The maximum Gasteiger partial charge on any atom is 1.00 e. The van der Waals surface area contributed by atoms with E-state index in [4.69, 9.17) is 0 Å². The first-order chi connectivity index (χ1) is 17.1. The summed E-state index contributed by atoms with van der Waals surface area (Å²) in [5, 5.41) is 0. The molecule has 27 heteroatoms. The number of rotatable bonds is 14. The minimum atomic E-state index is -9.22. The number of halogens is 20. The molecule has 0 saturated heterocycles. The van der Waals surface area contributed by atoms with E-state index in [1.165, 1.54) is 0 Å². The standard InChI is InChI=1S/C14H8F20O5S.Na/c15-4(16)6(17,18)8(21,22)10(25,26)12(29,30)14(33,34)13(31,32)11(27,28)9(23,24)7(19,20)5(35)39-2-1-3-40(36,37)38;/h4H,1-3H2,(H,36,37,38);/q;+1/p-1. The Morgan fingerprint density at radius 1 is 0.610 bits per heavy atom. The van der Waals surface area contributed by atoms with Gasteiger partial charge in [0.25, 0.3) is 0 Å². The number of esters is 1. The Hall–Kier alpha value is -1.02. The number of carbonyl (C=O) groups is 1. The Labute approximate surface area is 234 Å². The average Bonchev–Trinajstić information content (AvgIpc) is 2.74. The van der Waals surface area contributed by atoms with Crippen LogP contribution in [0.2, 0.25) is 0 Å². The third kappa shape index (κ3) is 6.44. The van der Waals surface area contributed by atoms with Gasteiger partial charge < -0.3 is 9.29 Å². The molecule has 0 heterocycles. The largest absolute Gasteiger partial charge is 1.00 e. The zero-order chi connectivity index (χ0) is 33.0. The summed E-state index contributed by atoms with van der Waals surface area (Å²) in [6, 6.07) is 0. The second kappa shape index (κ2) is 11.8. The van der Waals surface area contributed by atoms with Gasteiger partial charge in [0.1, 0.15) is 0 Å². The van der Waals surface area contributed by atoms with E-state index in [9.17, 15) is 106 Å². The summed E-state index contributed by atoms with van der Waals surface area (Å²) in [6.07, 6.45) is -7.58. The molecule has 0 atom stereocenters. The molecule has 0 unspecified atom stereocenters. The summed E-state index contributed by atoms with van der Waals surface area (Å²) in [5.41, 5.74) is 0. The molecular formula is C14H7F20NaO5S. The Morgan fingerprint density at radius 3 is 1.20 bits per heavy atom. The Kier molecular flexibility index (Phi) is 12.1. The quantitative estimate of drug-likeness (QED) is 0.0921. The van der Waals surface area contributed by atoms with Crippen LogP contribution in [0.3, 0.4) is 0 Å². The van der Waals surface area contributed by atoms with Crippen LogP contribution in [0.1, 0.15) is 6.42 Å². The number of hydrogen-bond acceptors (Lipinski definition) is 5. The van der Waals surface area contributed by atoms with Gasteiger partial charge in [-0.05, 0) is 6.42 Å². The summed E-state index contributed by atoms with van der Waals surface area (Å²) >= 11 is 0. The minimum Gasteiger partial charge on any atom is -0.748 e. The second-order valence-corrected chi connectivity index (χ2v) is 8.79. The van der Waals surface area contributed by atoms with Gasteiger partial charge in [-0.15, -0.1) is 0 Å². The topological polar surface area (TPSA) is 83.5 Å². The number of ether oxygens (including phenoxy) is 1. The smallest absolute Gasteiger partial charge is 0.748 e. The summed E-state index contributed by atoms with van der Waals surface area (Å²) in [6.45, 7) is -1.91. The van der Waals surface area contributed by atoms with E-state index in [1.807, 2.05) is 0 Å². The molecule has 0 aliphatic rings. The van der Waals surface area contributed by atoms with Gasteiger partial charge in [0.15, 0.2) is 0 Å². The normalized spacial score (nSPS) is 15.6. The van der Waals surface area contributed by atoms with Crippen molar-refractivity contribution in [2.45, 2.75) is 66.1 Å². The van der Waals surface area contributed by atoms with Crippen molar-refractivity contribution >= 4 is 16.1 Å². The third-order valence-corrected chi connectivity index (χ3v) is 5.27. The van der Waals surface area contributed by atoms with Crippen molar-refractivity contribution in [1.82, 2.24) is 0 Å². The van der Waals surface area contributed by atoms with Crippen molar-refractivity contribution in [2.75, 3.05) is 12.4 Å². The monoisotopic (exact) mass is 690 g/mol. The maximum absolute atomic E-state index is 13.6. The Bertz CT molecular complexity index is 1040. The molecule has 0 aromatic heterocycles. The molecule has 0 amide bonds. The number of alkyl halides is 20. The van der Waals surface area contributed by atoms with E-state index in [2.05, 4.69) is 4.74 Å². The zero-order valence-electron chi connectivity index (χ0n) is 18.7. The molecule has 0 aliphatic carbocycles. The molecule has 41 heavy (non-hydrogen) atoms. The van der Waals surface area contributed by atoms with Crippen LogP contribution in [0.5, 0.6) is 0 Å². The van der Waals surface area contributed by atoms with Gasteiger partial charge in [-0.25, -0.2) is 22.0 Å². The molecule has 0 saturated carbocycles. The van der Waals surface area contributed by atoms with Crippen molar-refractivity contribution in [2.24, 2.45) is 0 Å². The van der Waals surface area contributed by atoms with Crippen LogP contribution in [-0.4, -0.2) is 91.0 Å². The van der Waals surface area contributed by atoms with Gasteiger partial charge in [0, 0.05) is 5.75 Å². The zero-order valence-corrected chi connectivity index (χ0v) is 21.5. The van der Waals surface area contributed by atoms with E-state index >= 15 is 0 Å². The van der Waals surface area contributed by atoms with Gasteiger partial charge in [-0.2, -0.15) is 79.0 Å². The van der Waals surface area contributed by atoms with Crippen molar-refractivity contribution in [3.05, 3.63) is 0 Å². The molecule has 240 valence electrons. The summed E-state index contributed by atoms with van der Waals surface area (Å²) in [7, 11) is -5.25. The van der Waals surface area contributed by atoms with E-state index in [0.717, 1.165) is 0 Å². The van der Waals surface area contributed by atoms with Crippen LogP contribution in [0.15, 0.2) is 0 Å². The molecular weight excluding hydrogens is 683 g/mol. The third-order valence-electron chi connectivity index (χ3n) is 4.48. The molecule has 0 fully saturated rings. The van der Waals surface area contributed by atoms with Crippen molar-refractivity contribution < 1.29 is 140 Å². The first-order valence-electron chi connectivity index (χ1n) is 8.86. The average molecular weight is 690 g/mol. The second-order valence-electron chi connectivity index (χ2n) is 7.27. The molecule has 0 aromatic rings. The van der Waals surface area contributed by atoms with Crippen LogP contribution in [0, 0.1) is 0 Å². The first-order valence-corrected chi connectivity index (χ1v) is 10.4. The number of carbonyl (C=O) groups excluding carboxylic acids is 1.